The molecule has 1 amide bonds. The van der Waals surface area contributed by atoms with E-state index in [0.29, 0.717) is 60.1 Å². The van der Waals surface area contributed by atoms with Crippen molar-refractivity contribution >= 4 is 38.3 Å². The molecule has 2 aromatic carbocycles. The fourth-order valence-electron chi connectivity index (χ4n) is 6.49. The number of carbonyl (C=O) groups excluding carboxylic acids is 1. The first-order chi connectivity index (χ1) is 22.2. The van der Waals surface area contributed by atoms with E-state index in [1.54, 1.807) is 27.8 Å². The van der Waals surface area contributed by atoms with Gasteiger partial charge in [-0.2, -0.15) is 0 Å². The first-order valence-corrected chi connectivity index (χ1v) is 16.7. The molecule has 4 heterocycles. The van der Waals surface area contributed by atoms with Gasteiger partial charge in [0.15, 0.2) is 0 Å². The zero-order chi connectivity index (χ0) is 32.4. The second-order valence-corrected chi connectivity index (χ2v) is 13.3. The Morgan fingerprint density at radius 3 is 2.67 bits per heavy atom. The van der Waals surface area contributed by atoms with Crippen molar-refractivity contribution in [2.75, 3.05) is 26.3 Å². The third-order valence-corrected chi connectivity index (χ3v) is 9.66. The third-order valence-electron chi connectivity index (χ3n) is 8.75. The summed E-state index contributed by atoms with van der Waals surface area (Å²) in [6.07, 6.45) is 4.83. The molecule has 0 saturated carbocycles. The number of rotatable bonds is 10. The summed E-state index contributed by atoms with van der Waals surface area (Å²) in [6.45, 7) is 9.10. The SMILES string of the molecule is CCN(C1COC1)C(C)(C)C=C(C#N)C(=O)N1CCC[C@H]1Cn1nc(-c2ccc(Oc3ccccc3)cc2F)c2c([AsH2])ncnc21. The number of likely N-dealkylation sites (N-methyl/N-ethyl adjacent to an activating group) is 1. The number of hydrogen-bond donors (Lipinski definition) is 0. The van der Waals surface area contributed by atoms with E-state index >= 15 is 4.39 Å². The molecule has 2 aliphatic rings. The quantitative estimate of drug-likeness (QED) is 0.142. The van der Waals surface area contributed by atoms with E-state index in [-0.39, 0.29) is 23.6 Å². The maximum absolute atomic E-state index is 15.6. The van der Waals surface area contributed by atoms with Crippen LogP contribution in [0, 0.1) is 17.1 Å². The summed E-state index contributed by atoms with van der Waals surface area (Å²) >= 11 is 1.29. The Kier molecular flexibility index (Phi) is 9.23. The van der Waals surface area contributed by atoms with Crippen molar-refractivity contribution in [2.24, 2.45) is 0 Å². The zero-order valence-corrected chi connectivity index (χ0v) is 28.6. The van der Waals surface area contributed by atoms with Gasteiger partial charge < -0.3 is 4.74 Å². The second-order valence-electron chi connectivity index (χ2n) is 12.1. The number of hydrogen-bond acceptors (Lipinski definition) is 8. The van der Waals surface area contributed by atoms with Crippen LogP contribution < -0.4 is 9.22 Å². The molecule has 1 unspecified atom stereocenters. The summed E-state index contributed by atoms with van der Waals surface area (Å²) in [5.74, 6) is 0.223. The van der Waals surface area contributed by atoms with Crippen LogP contribution in [-0.4, -0.2) is 96.2 Å². The Labute approximate surface area is 276 Å². The van der Waals surface area contributed by atoms with Gasteiger partial charge in [-0.15, -0.1) is 0 Å². The topological polar surface area (TPSA) is 109 Å². The summed E-state index contributed by atoms with van der Waals surface area (Å²) < 4.78 is 29.3. The van der Waals surface area contributed by atoms with Crippen LogP contribution in [0.1, 0.15) is 33.6 Å². The molecule has 2 saturated heterocycles. The second kappa shape index (κ2) is 13.3. The standard InChI is InChI=1S/C34H37AsFN7O3/c1-4-42(24-19-45-20-24)34(2,3)16-22(17-37)33(44)41-14-8-9-23(41)18-43-32-29(31(35)38-21-39-32)30(40-43)27-13-12-26(15-28(27)36)46-25-10-6-5-7-11-25/h5-7,10-13,15-16,21,23-24H,4,8-9,14,18-20,35H2,1-3H3/t23-/m0/s1. The molecule has 238 valence electrons. The van der Waals surface area contributed by atoms with Gasteiger partial charge in [-0.3, -0.25) is 0 Å². The molecule has 0 radical (unpaired) electrons. The van der Waals surface area contributed by atoms with Gasteiger partial charge in [0.2, 0.25) is 0 Å². The number of ether oxygens (including phenoxy) is 2. The van der Waals surface area contributed by atoms with Gasteiger partial charge in [-0.1, -0.05) is 6.92 Å². The normalized spacial score (nSPS) is 17.4. The van der Waals surface area contributed by atoms with E-state index in [1.165, 1.54) is 29.2 Å². The Hall–Kier alpha value is -4.10. The summed E-state index contributed by atoms with van der Waals surface area (Å²) in [7, 11) is 0. The van der Waals surface area contributed by atoms with Gasteiger partial charge in [0, 0.05) is 0 Å². The summed E-state index contributed by atoms with van der Waals surface area (Å²) in [5.41, 5.74) is 0.947. The molecular weight excluding hydrogens is 648 g/mol. The molecule has 0 spiro atoms. The van der Waals surface area contributed by atoms with Crippen LogP contribution in [0.2, 0.25) is 0 Å². The summed E-state index contributed by atoms with van der Waals surface area (Å²) in [6, 6.07) is 16.2. The fourth-order valence-corrected chi connectivity index (χ4v) is 7.18. The number of halogens is 1. The van der Waals surface area contributed by atoms with Crippen LogP contribution in [0.25, 0.3) is 22.3 Å². The van der Waals surface area contributed by atoms with Crippen molar-refractivity contribution in [1.29, 1.82) is 5.26 Å². The Morgan fingerprint density at radius 2 is 2.00 bits per heavy atom. The van der Waals surface area contributed by atoms with Crippen LogP contribution >= 0.6 is 0 Å². The van der Waals surface area contributed by atoms with Crippen molar-refractivity contribution in [2.45, 2.75) is 57.8 Å². The zero-order valence-electron chi connectivity index (χ0n) is 26.2. The number of likely N-dealkylation sites (tertiary alicyclic amines) is 1. The maximum atomic E-state index is 15.6. The number of benzene rings is 2. The predicted molar refractivity (Wildman–Crippen MR) is 175 cm³/mol. The summed E-state index contributed by atoms with van der Waals surface area (Å²) in [4.78, 5) is 26.8. The number of amides is 1. The molecule has 0 aliphatic carbocycles. The Bertz CT molecular complexity index is 1820. The third kappa shape index (κ3) is 6.30. The molecule has 10 nitrogen and oxygen atoms in total. The molecule has 46 heavy (non-hydrogen) atoms. The van der Waals surface area contributed by atoms with Gasteiger partial charge in [0.25, 0.3) is 0 Å². The number of carbonyl (C=O) groups is 1. The average Bonchev–Trinajstić information content (AvgIpc) is 3.63. The van der Waals surface area contributed by atoms with Gasteiger partial charge in [-0.05, 0) is 6.54 Å². The molecule has 12 heteroatoms. The molecular formula is C34H37AsFN7O3. The van der Waals surface area contributed by atoms with Gasteiger partial charge >= 0.3 is 240 Å². The number of para-hydroxylation sites is 1. The van der Waals surface area contributed by atoms with E-state index in [0.717, 1.165) is 23.9 Å². The van der Waals surface area contributed by atoms with Gasteiger partial charge in [-0.25, -0.2) is 0 Å². The molecule has 0 N–H and O–H groups in total. The van der Waals surface area contributed by atoms with Crippen LogP contribution in [0.4, 0.5) is 4.39 Å². The Morgan fingerprint density at radius 1 is 1.22 bits per heavy atom. The molecule has 0 bridgehead atoms. The van der Waals surface area contributed by atoms with Crippen molar-refractivity contribution in [3.05, 3.63) is 72.3 Å². The molecule has 2 fully saturated rings. The van der Waals surface area contributed by atoms with Crippen molar-refractivity contribution in [3.8, 4) is 28.8 Å². The number of nitriles is 1. The minimum atomic E-state index is -0.506. The first-order valence-electron chi connectivity index (χ1n) is 15.5. The Balaban J connectivity index is 1.27. The van der Waals surface area contributed by atoms with E-state index in [9.17, 15) is 10.1 Å². The molecule has 2 atom stereocenters. The number of aromatic nitrogens is 4. The number of nitrogens with zero attached hydrogens (tertiary/aromatic N) is 7. The molecule has 2 aromatic heterocycles. The molecule has 2 aliphatic heterocycles. The molecule has 4 aromatic rings. The van der Waals surface area contributed by atoms with Crippen LogP contribution in [0.5, 0.6) is 11.5 Å². The van der Waals surface area contributed by atoms with E-state index in [1.807, 2.05) is 44.2 Å². The monoisotopic (exact) mass is 685 g/mol. The first kappa shape index (κ1) is 31.9. The number of fused-ring (bicyclic) bond motifs is 1. The summed E-state index contributed by atoms with van der Waals surface area (Å²) in [5, 5.41) is 15.6. The predicted octanol–water partition coefficient (Wildman–Crippen LogP) is 3.62. The van der Waals surface area contributed by atoms with Gasteiger partial charge in [0.1, 0.15) is 0 Å². The minimum absolute atomic E-state index is 0.127. The van der Waals surface area contributed by atoms with Crippen LogP contribution in [0.15, 0.2) is 66.5 Å². The van der Waals surface area contributed by atoms with E-state index in [4.69, 9.17) is 14.6 Å². The van der Waals surface area contributed by atoms with E-state index in [2.05, 4.69) is 27.9 Å². The van der Waals surface area contributed by atoms with Crippen molar-refractivity contribution < 1.29 is 18.7 Å². The van der Waals surface area contributed by atoms with E-state index < -0.39 is 11.4 Å². The van der Waals surface area contributed by atoms with Gasteiger partial charge in [0.05, 0.1) is 19.3 Å². The fraction of sp³-hybridized carbons (Fsp3) is 0.382. The van der Waals surface area contributed by atoms with Crippen LogP contribution in [-0.2, 0) is 16.1 Å². The van der Waals surface area contributed by atoms with Crippen molar-refractivity contribution in [3.63, 3.8) is 0 Å². The van der Waals surface area contributed by atoms with Crippen molar-refractivity contribution in [1.82, 2.24) is 29.5 Å². The average molecular weight is 686 g/mol. The van der Waals surface area contributed by atoms with Crippen LogP contribution in [0.3, 0.4) is 0 Å². The molecule has 6 rings (SSSR count).